The first-order valence-electron chi connectivity index (χ1n) is 22.2. The molecule has 2 nitrogen and oxygen atoms in total. The Morgan fingerprint density at radius 2 is 1.02 bits per heavy atom. The predicted octanol–water partition coefficient (Wildman–Crippen LogP) is 11.5. The van der Waals surface area contributed by atoms with Gasteiger partial charge in [0.15, 0.2) is 0 Å². The van der Waals surface area contributed by atoms with E-state index in [1.54, 1.807) is 0 Å². The van der Waals surface area contributed by atoms with Gasteiger partial charge in [-0.15, -0.1) is 0 Å². The molecule has 198 valence electrons. The number of benzene rings is 7. The van der Waals surface area contributed by atoms with Crippen LogP contribution >= 0.6 is 0 Å². The lowest BCUT2D eigenvalue weighted by Crippen LogP contribution is -2.09. The smallest absolute Gasteiger partial charge is 0.136 e. The fraction of sp³-hybridized carbons (Fsp3) is 0. The van der Waals surface area contributed by atoms with Crippen LogP contribution in [0.5, 0.6) is 0 Å². The molecule has 0 N–H and O–H groups in total. The van der Waals surface area contributed by atoms with Crippen molar-refractivity contribution in [2.45, 2.75) is 0 Å². The molecular weight excluding hydrogens is 510 g/mol. The fourth-order valence-corrected chi connectivity index (χ4v) is 4.81. The summed E-state index contributed by atoms with van der Waals surface area (Å²) in [4.78, 5) is 1.35. The van der Waals surface area contributed by atoms with Gasteiger partial charge >= 0.3 is 0 Å². The minimum atomic E-state index is -0.637. The van der Waals surface area contributed by atoms with Crippen LogP contribution in [0.2, 0.25) is 0 Å². The highest BCUT2D eigenvalue weighted by Crippen LogP contribution is 2.39. The van der Waals surface area contributed by atoms with Gasteiger partial charge in [0, 0.05) is 27.8 Å². The van der Waals surface area contributed by atoms with Crippen LogP contribution in [0, 0.1) is 0 Å². The highest BCUT2D eigenvalue weighted by atomic mass is 16.3. The molecule has 0 aliphatic carbocycles. The Morgan fingerprint density at radius 1 is 0.429 bits per heavy atom. The van der Waals surface area contributed by atoms with Crippen molar-refractivity contribution in [3.8, 4) is 22.3 Å². The van der Waals surface area contributed by atoms with Gasteiger partial charge in [-0.05, 0) is 87.5 Å². The Morgan fingerprint density at radius 3 is 1.74 bits per heavy atom. The summed E-state index contributed by atoms with van der Waals surface area (Å²) in [6, 6.07) is 1.53. The number of hydrogen-bond donors (Lipinski definition) is 0. The summed E-state index contributed by atoms with van der Waals surface area (Å²) in [7, 11) is 0. The van der Waals surface area contributed by atoms with E-state index in [-0.39, 0.29) is 72.0 Å². The van der Waals surface area contributed by atoms with Gasteiger partial charge in [-0.3, -0.25) is 0 Å². The Balaban J connectivity index is 1.35. The molecule has 8 rings (SSSR count). The molecule has 0 unspecified atom stereocenters. The molecular formula is C40H27NO. The van der Waals surface area contributed by atoms with Crippen LogP contribution in [0.1, 0.15) is 26.0 Å². The first kappa shape index (κ1) is 11.7. The minimum Gasteiger partial charge on any atom is -0.456 e. The van der Waals surface area contributed by atoms with E-state index >= 15 is 0 Å². The van der Waals surface area contributed by atoms with Gasteiger partial charge in [0.05, 0.1) is 26.0 Å². The number of rotatable bonds is 5. The van der Waals surface area contributed by atoms with Crippen molar-refractivity contribution in [3.63, 3.8) is 0 Å². The third-order valence-electron chi connectivity index (χ3n) is 6.74. The number of fused-ring (bicyclic) bond motifs is 5. The van der Waals surface area contributed by atoms with Crippen molar-refractivity contribution in [2.24, 2.45) is 0 Å². The van der Waals surface area contributed by atoms with E-state index in [9.17, 15) is 1.37 Å². The van der Waals surface area contributed by atoms with E-state index in [4.69, 9.17) is 29.1 Å². The lowest BCUT2D eigenvalue weighted by molar-refractivity contribution is 0.669. The van der Waals surface area contributed by atoms with Gasteiger partial charge in [-0.25, -0.2) is 0 Å². The van der Waals surface area contributed by atoms with E-state index < -0.39 is 115 Å². The molecule has 0 spiro atoms. The summed E-state index contributed by atoms with van der Waals surface area (Å²) in [5, 5.41) is -0.644. The van der Waals surface area contributed by atoms with Gasteiger partial charge < -0.3 is 9.32 Å². The summed E-state index contributed by atoms with van der Waals surface area (Å²) in [6.07, 6.45) is 0. The fourth-order valence-electron chi connectivity index (χ4n) is 4.81. The Hall–Kier alpha value is -5.60. The molecule has 7 aromatic carbocycles. The molecule has 0 fully saturated rings. The Bertz CT molecular complexity index is 3180. The summed E-state index contributed by atoms with van der Waals surface area (Å²) in [6.45, 7) is 0. The topological polar surface area (TPSA) is 16.4 Å². The standard InChI is InChI=1S/C40H27NO/c1-3-9-28(10-4-1)29-17-22-34(23-18-29)41(33-11-5-2-6-12-33)35-24-19-30(20-25-35)32-16-15-31-21-26-39-40(37(31)27-32)36-13-7-8-14-38(36)42-39/h1-27H/i1D,2D,3D,4D,5D,6D,7D,8D,9D,10D,11D,12D,13D,14D,15D,16D,21D,26D,27D. The molecule has 0 bridgehead atoms. The molecule has 0 saturated heterocycles. The highest BCUT2D eigenvalue weighted by molar-refractivity contribution is 6.19. The van der Waals surface area contributed by atoms with Gasteiger partial charge in [0.1, 0.15) is 11.2 Å². The zero-order valence-electron chi connectivity index (χ0n) is 40.5. The summed E-state index contributed by atoms with van der Waals surface area (Å²) >= 11 is 0. The monoisotopic (exact) mass is 556 g/mol. The average molecular weight is 557 g/mol. The van der Waals surface area contributed by atoms with Gasteiger partial charge in [-0.2, -0.15) is 0 Å². The minimum absolute atomic E-state index is 0.0738. The van der Waals surface area contributed by atoms with Gasteiger partial charge in [0.25, 0.3) is 0 Å². The predicted molar refractivity (Wildman–Crippen MR) is 177 cm³/mol. The molecule has 0 aliphatic heterocycles. The molecule has 1 aromatic heterocycles. The first-order valence-corrected chi connectivity index (χ1v) is 12.7. The summed E-state index contributed by atoms with van der Waals surface area (Å²) < 4.78 is 168. The second kappa shape index (κ2) is 10.1. The zero-order chi connectivity index (χ0) is 44.4. The van der Waals surface area contributed by atoms with E-state index in [1.165, 1.54) is 53.4 Å². The van der Waals surface area contributed by atoms with E-state index in [1.807, 2.05) is 0 Å². The third kappa shape index (κ3) is 4.22. The number of hydrogen-bond acceptors (Lipinski definition) is 2. The molecule has 8 aromatic rings. The lowest BCUT2D eigenvalue weighted by Gasteiger charge is -2.26. The molecule has 0 amide bonds. The second-order valence-electron chi connectivity index (χ2n) is 9.16. The van der Waals surface area contributed by atoms with Gasteiger partial charge in [-0.1, -0.05) is 109 Å². The summed E-state index contributed by atoms with van der Waals surface area (Å²) in [5.74, 6) is 0. The van der Waals surface area contributed by atoms with E-state index in [2.05, 4.69) is 0 Å². The molecule has 1 heterocycles. The average Bonchev–Trinajstić information content (AvgIpc) is 3.66. The Labute approximate surface area is 271 Å². The maximum atomic E-state index is 9.43. The zero-order valence-corrected chi connectivity index (χ0v) is 21.5. The van der Waals surface area contributed by atoms with Crippen LogP contribution in [-0.4, -0.2) is 0 Å². The Kier molecular flexibility index (Phi) is 2.82. The van der Waals surface area contributed by atoms with Crippen LogP contribution in [0.25, 0.3) is 55.0 Å². The van der Waals surface area contributed by atoms with Crippen molar-refractivity contribution in [1.82, 2.24) is 0 Å². The second-order valence-corrected chi connectivity index (χ2v) is 9.16. The van der Waals surface area contributed by atoms with Crippen molar-refractivity contribution < 1.29 is 30.5 Å². The lowest BCUT2D eigenvalue weighted by atomic mass is 9.98. The van der Waals surface area contributed by atoms with Crippen molar-refractivity contribution in [2.75, 3.05) is 4.90 Å². The maximum absolute atomic E-state index is 9.43. The van der Waals surface area contributed by atoms with Crippen LogP contribution < -0.4 is 4.90 Å². The van der Waals surface area contributed by atoms with Crippen LogP contribution in [0.15, 0.2) is 168 Å². The molecule has 0 atom stereocenters. The van der Waals surface area contributed by atoms with E-state index in [0.717, 1.165) is 0 Å². The number of anilines is 3. The van der Waals surface area contributed by atoms with Crippen LogP contribution in [-0.2, 0) is 0 Å². The van der Waals surface area contributed by atoms with Crippen LogP contribution in [0.3, 0.4) is 0 Å². The molecule has 0 aliphatic rings. The van der Waals surface area contributed by atoms with Crippen LogP contribution in [0.4, 0.5) is 17.1 Å². The molecule has 2 heteroatoms. The largest absolute Gasteiger partial charge is 0.456 e. The molecule has 0 saturated carbocycles. The van der Waals surface area contributed by atoms with Crippen molar-refractivity contribution in [3.05, 3.63) is 163 Å². The number of para-hydroxylation sites is 2. The van der Waals surface area contributed by atoms with Crippen molar-refractivity contribution >= 4 is 49.8 Å². The summed E-state index contributed by atoms with van der Waals surface area (Å²) in [5.41, 5.74) is -0.161. The molecule has 42 heavy (non-hydrogen) atoms. The quantitative estimate of drug-likeness (QED) is 0.210. The highest BCUT2D eigenvalue weighted by Gasteiger charge is 2.14. The maximum Gasteiger partial charge on any atom is 0.136 e. The number of nitrogens with zero attached hydrogens (tertiary/aromatic N) is 1. The van der Waals surface area contributed by atoms with Gasteiger partial charge in [0.2, 0.25) is 0 Å². The van der Waals surface area contributed by atoms with Crippen molar-refractivity contribution in [1.29, 1.82) is 0 Å². The SMILES string of the molecule is [2H]c1c([2H])c([2H])c(-c2ccc(N(c3ccc(-c4c([2H])c([2H])c5c([2H])c([2H])c6oc7c([2H])c([2H])c([2H])c([2H])c7c6c5c4[2H])cc3)c3c([2H])c([2H])c([2H])c([2H])c3[2H])cc2)c([2H])c1[2H]. The first-order chi connectivity index (χ1) is 28.7. The van der Waals surface area contributed by atoms with E-state index in [0.29, 0.717) is 0 Å². The third-order valence-corrected chi connectivity index (χ3v) is 6.74. The normalized spacial score (nSPS) is 17.7. The number of furan rings is 1. The molecule has 0 radical (unpaired) electrons.